The van der Waals surface area contributed by atoms with Gasteiger partial charge in [0.25, 0.3) is 5.89 Å². The van der Waals surface area contributed by atoms with Crippen molar-refractivity contribution >= 4 is 17.3 Å². The van der Waals surface area contributed by atoms with Gasteiger partial charge >= 0.3 is 0 Å². The second kappa shape index (κ2) is 10.9. The van der Waals surface area contributed by atoms with E-state index < -0.39 is 0 Å². The lowest BCUT2D eigenvalue weighted by Gasteiger charge is -2.09. The second-order valence-corrected chi connectivity index (χ2v) is 8.04. The first kappa shape index (κ1) is 23.9. The summed E-state index contributed by atoms with van der Waals surface area (Å²) >= 11 is 6.44. The van der Waals surface area contributed by atoms with Crippen LogP contribution >= 0.6 is 11.6 Å². The number of rotatable bonds is 9. The molecule has 12 heteroatoms. The Morgan fingerprint density at radius 2 is 1.81 bits per heavy atom. The van der Waals surface area contributed by atoms with Crippen molar-refractivity contribution in [3.05, 3.63) is 95.1 Å². The molecule has 11 nitrogen and oxygen atoms in total. The van der Waals surface area contributed by atoms with Crippen molar-refractivity contribution < 1.29 is 18.7 Å². The maximum absolute atomic E-state index is 6.44. The molecule has 2 heterocycles. The van der Waals surface area contributed by atoms with Crippen molar-refractivity contribution in [1.29, 1.82) is 0 Å². The summed E-state index contributed by atoms with van der Waals surface area (Å²) in [6.45, 7) is -0.0562. The molecule has 0 aliphatic carbocycles. The van der Waals surface area contributed by atoms with Crippen molar-refractivity contribution in [1.82, 2.24) is 30.4 Å². The van der Waals surface area contributed by atoms with Gasteiger partial charge in [-0.3, -0.25) is 0 Å². The molecule has 2 aromatic heterocycles. The number of ether oxygens (including phenoxy) is 2. The molecule has 0 spiro atoms. The summed E-state index contributed by atoms with van der Waals surface area (Å²) in [6, 6.07) is 21.8. The number of aromatic nitrogens is 6. The number of oxime groups is 1. The molecule has 0 saturated heterocycles. The summed E-state index contributed by atoms with van der Waals surface area (Å²) in [7, 11) is 3.31. The third-order valence-electron chi connectivity index (χ3n) is 5.14. The van der Waals surface area contributed by atoms with E-state index in [1.165, 1.54) is 4.68 Å². The number of nitrogens with zero attached hydrogens (tertiary/aromatic N) is 7. The summed E-state index contributed by atoms with van der Waals surface area (Å²) in [5.41, 5.74) is 1.88. The Hall–Kier alpha value is -4.77. The van der Waals surface area contributed by atoms with Gasteiger partial charge < -0.3 is 18.7 Å². The Morgan fingerprint density at radius 3 is 2.57 bits per heavy atom. The van der Waals surface area contributed by atoms with Crippen molar-refractivity contribution in [2.24, 2.45) is 12.2 Å². The van der Waals surface area contributed by atoms with Crippen LogP contribution in [0.15, 0.2) is 82.4 Å². The number of hydrogen-bond donors (Lipinski definition) is 0. The highest BCUT2D eigenvalue weighted by molar-refractivity contribution is 6.32. The van der Waals surface area contributed by atoms with Gasteiger partial charge in [0, 0.05) is 24.2 Å². The molecule has 5 rings (SSSR count). The normalized spacial score (nSPS) is 11.4. The lowest BCUT2D eigenvalue weighted by molar-refractivity contribution is 0.111. The van der Waals surface area contributed by atoms with Crippen LogP contribution in [0.4, 0.5) is 0 Å². The first-order chi connectivity index (χ1) is 18.1. The maximum Gasteiger partial charge on any atom is 0.257 e. The summed E-state index contributed by atoms with van der Waals surface area (Å²) in [5, 5.41) is 24.3. The number of tetrazole rings is 1. The van der Waals surface area contributed by atoms with Crippen LogP contribution in [-0.4, -0.2) is 43.2 Å². The molecule has 0 amide bonds. The zero-order valence-corrected chi connectivity index (χ0v) is 20.5. The molecule has 0 aliphatic heterocycles. The predicted molar refractivity (Wildman–Crippen MR) is 133 cm³/mol. The Kier molecular flexibility index (Phi) is 7.04. The molecule has 0 radical (unpaired) electrons. The molecule has 5 aromatic rings. The van der Waals surface area contributed by atoms with Gasteiger partial charge in [-0.15, -0.1) is 15.3 Å². The van der Waals surface area contributed by atoms with Crippen molar-refractivity contribution in [3.8, 4) is 28.7 Å². The van der Waals surface area contributed by atoms with Crippen LogP contribution in [-0.2, 0) is 18.5 Å². The van der Waals surface area contributed by atoms with E-state index >= 15 is 0 Å². The Morgan fingerprint density at radius 1 is 0.973 bits per heavy atom. The fourth-order valence-corrected chi connectivity index (χ4v) is 3.56. The first-order valence-electron chi connectivity index (χ1n) is 11.0. The van der Waals surface area contributed by atoms with E-state index in [0.29, 0.717) is 39.4 Å². The van der Waals surface area contributed by atoms with Gasteiger partial charge in [0.1, 0.15) is 17.2 Å². The molecule has 37 heavy (non-hydrogen) atoms. The predicted octanol–water partition coefficient (Wildman–Crippen LogP) is 4.68. The van der Waals surface area contributed by atoms with Crippen LogP contribution in [0.3, 0.4) is 0 Å². The highest BCUT2D eigenvalue weighted by Gasteiger charge is 2.16. The van der Waals surface area contributed by atoms with Gasteiger partial charge in [-0.05, 0) is 40.8 Å². The first-order valence-corrected chi connectivity index (χ1v) is 11.4. The van der Waals surface area contributed by atoms with E-state index in [1.807, 2.05) is 48.5 Å². The minimum Gasteiger partial charge on any atom is -0.497 e. The largest absolute Gasteiger partial charge is 0.497 e. The van der Waals surface area contributed by atoms with Gasteiger partial charge in [0.15, 0.2) is 12.3 Å². The molecular formula is C25H20ClN7O4. The van der Waals surface area contributed by atoms with Gasteiger partial charge in [-0.1, -0.05) is 53.2 Å². The van der Waals surface area contributed by atoms with Gasteiger partial charge in [-0.25, -0.2) is 4.68 Å². The van der Waals surface area contributed by atoms with E-state index in [4.69, 9.17) is 30.3 Å². The van der Waals surface area contributed by atoms with E-state index in [9.17, 15) is 0 Å². The summed E-state index contributed by atoms with van der Waals surface area (Å²) in [4.78, 5) is 5.52. The number of benzene rings is 3. The number of aryl methyl sites for hydroxylation is 1. The van der Waals surface area contributed by atoms with Crippen molar-refractivity contribution in [3.63, 3.8) is 0 Å². The molecule has 186 valence electrons. The summed E-state index contributed by atoms with van der Waals surface area (Å²) in [6.07, 6.45) is 0. The summed E-state index contributed by atoms with van der Waals surface area (Å²) in [5.74, 6) is 2.71. The fourth-order valence-electron chi connectivity index (χ4n) is 3.34. The van der Waals surface area contributed by atoms with Crippen LogP contribution in [0.1, 0.15) is 17.3 Å². The van der Waals surface area contributed by atoms with E-state index in [1.54, 1.807) is 38.4 Å². The molecule has 0 bridgehead atoms. The van der Waals surface area contributed by atoms with Crippen molar-refractivity contribution in [2.75, 3.05) is 7.11 Å². The van der Waals surface area contributed by atoms with E-state index in [-0.39, 0.29) is 18.4 Å². The van der Waals surface area contributed by atoms with Crippen LogP contribution in [0, 0.1) is 0 Å². The van der Waals surface area contributed by atoms with Gasteiger partial charge in [0.05, 0.1) is 12.1 Å². The number of halogens is 1. The number of hydrogen-bond acceptors (Lipinski definition) is 10. The Labute approximate surface area is 216 Å². The highest BCUT2D eigenvalue weighted by Crippen LogP contribution is 2.34. The molecular weight excluding hydrogens is 498 g/mol. The fraction of sp³-hybridized carbons (Fsp3) is 0.120. The molecule has 0 N–H and O–H groups in total. The lowest BCUT2D eigenvalue weighted by Crippen LogP contribution is -2.12. The van der Waals surface area contributed by atoms with Gasteiger partial charge in [0.2, 0.25) is 11.7 Å². The molecule has 0 aliphatic rings. The Balaban J connectivity index is 1.29. The van der Waals surface area contributed by atoms with E-state index in [2.05, 4.69) is 30.9 Å². The summed E-state index contributed by atoms with van der Waals surface area (Å²) < 4.78 is 18.3. The van der Waals surface area contributed by atoms with Crippen LogP contribution in [0.2, 0.25) is 5.02 Å². The third kappa shape index (κ3) is 5.57. The SMILES string of the molecule is COc1cccc(Oc2ccc(-c3nnc(CO/N=C(/c4ccccc4)c4nnnn4C)o3)cc2Cl)c1. The molecule has 0 atom stereocenters. The maximum atomic E-state index is 6.44. The third-order valence-corrected chi connectivity index (χ3v) is 5.43. The number of methoxy groups -OCH3 is 1. The molecule has 3 aromatic carbocycles. The minimum atomic E-state index is -0.0562. The van der Waals surface area contributed by atoms with E-state index in [0.717, 1.165) is 5.56 Å². The highest BCUT2D eigenvalue weighted by atomic mass is 35.5. The quantitative estimate of drug-likeness (QED) is 0.202. The topological polar surface area (TPSA) is 123 Å². The average Bonchev–Trinajstić information content (AvgIpc) is 3.57. The smallest absolute Gasteiger partial charge is 0.257 e. The van der Waals surface area contributed by atoms with Crippen LogP contribution in [0.5, 0.6) is 17.2 Å². The minimum absolute atomic E-state index is 0.0562. The lowest BCUT2D eigenvalue weighted by atomic mass is 10.1. The van der Waals surface area contributed by atoms with Crippen LogP contribution in [0.25, 0.3) is 11.5 Å². The molecule has 0 fully saturated rings. The molecule has 0 unspecified atom stereocenters. The zero-order valence-electron chi connectivity index (χ0n) is 19.8. The van der Waals surface area contributed by atoms with Crippen LogP contribution < -0.4 is 9.47 Å². The second-order valence-electron chi connectivity index (χ2n) is 7.63. The zero-order chi connectivity index (χ0) is 25.6. The monoisotopic (exact) mass is 517 g/mol. The van der Waals surface area contributed by atoms with Crippen molar-refractivity contribution in [2.45, 2.75) is 6.61 Å². The average molecular weight is 518 g/mol. The Bertz CT molecular complexity index is 1540. The van der Waals surface area contributed by atoms with Gasteiger partial charge in [-0.2, -0.15) is 0 Å². The molecule has 0 saturated carbocycles. The standard InChI is InChI=1S/C25H20ClN7O4/c1-33-24(28-31-32-33)23(16-7-4-3-5-8-16)30-35-15-22-27-29-25(37-22)17-11-12-21(20(26)13-17)36-19-10-6-9-18(14-19)34-2/h3-14H,15H2,1-2H3/b30-23-.